The Morgan fingerprint density at radius 3 is 2.94 bits per heavy atom. The number of piperidine rings is 1. The Hall–Kier alpha value is -2.03. The van der Waals surface area contributed by atoms with Gasteiger partial charge in [0.05, 0.1) is 11.6 Å². The summed E-state index contributed by atoms with van der Waals surface area (Å²) in [6, 6.07) is 1.88. The zero-order chi connectivity index (χ0) is 21.6. The van der Waals surface area contributed by atoms with Crippen molar-refractivity contribution < 1.29 is 9.53 Å². The SMILES string of the molecule is CC1C(NC(=O)[C@@H]2CCCNC2)=NC=C(Cl)C1c1ccnc(NCC2CCOCC2)n1. The zero-order valence-corrected chi connectivity index (χ0v) is 18.7. The second kappa shape index (κ2) is 10.5. The number of carbonyl (C=O) groups is 1. The van der Waals surface area contributed by atoms with Gasteiger partial charge >= 0.3 is 0 Å². The van der Waals surface area contributed by atoms with Crippen LogP contribution in [0.15, 0.2) is 28.5 Å². The molecule has 3 atom stereocenters. The van der Waals surface area contributed by atoms with Crippen LogP contribution in [0.4, 0.5) is 5.95 Å². The Morgan fingerprint density at radius 1 is 1.32 bits per heavy atom. The fourth-order valence-corrected chi connectivity index (χ4v) is 4.74. The average Bonchev–Trinajstić information content (AvgIpc) is 2.81. The number of amidine groups is 1. The molecule has 0 saturated carbocycles. The molecule has 0 spiro atoms. The number of nitrogens with one attached hydrogen (secondary N) is 3. The largest absolute Gasteiger partial charge is 0.381 e. The van der Waals surface area contributed by atoms with Crippen molar-refractivity contribution in [3.8, 4) is 0 Å². The van der Waals surface area contributed by atoms with E-state index in [0.29, 0.717) is 29.3 Å². The van der Waals surface area contributed by atoms with Crippen LogP contribution in [0, 0.1) is 17.8 Å². The van der Waals surface area contributed by atoms with Crippen LogP contribution in [-0.2, 0) is 9.53 Å². The van der Waals surface area contributed by atoms with E-state index in [-0.39, 0.29) is 23.7 Å². The van der Waals surface area contributed by atoms with Crippen LogP contribution in [0.5, 0.6) is 0 Å². The predicted octanol–water partition coefficient (Wildman–Crippen LogP) is 2.64. The number of carbonyl (C=O) groups excluding carboxylic acids is 1. The number of rotatable bonds is 5. The summed E-state index contributed by atoms with van der Waals surface area (Å²) in [6.07, 6.45) is 7.39. The smallest absolute Gasteiger partial charge is 0.229 e. The molecule has 3 N–H and O–H groups in total. The van der Waals surface area contributed by atoms with Crippen molar-refractivity contribution in [2.75, 3.05) is 38.2 Å². The van der Waals surface area contributed by atoms with Crippen LogP contribution in [0.2, 0.25) is 0 Å². The maximum Gasteiger partial charge on any atom is 0.229 e. The molecule has 1 aromatic heterocycles. The fraction of sp³-hybridized carbons (Fsp3) is 0.636. The lowest BCUT2D eigenvalue weighted by atomic mass is 9.87. The molecule has 168 valence electrons. The third kappa shape index (κ3) is 5.61. The number of aliphatic imine (C=N–C) groups is 1. The molecule has 3 aliphatic heterocycles. The first kappa shape index (κ1) is 22.2. The molecule has 0 aromatic carbocycles. The average molecular weight is 447 g/mol. The quantitative estimate of drug-likeness (QED) is 0.642. The molecule has 2 unspecified atom stereocenters. The van der Waals surface area contributed by atoms with Gasteiger partial charge in [-0.25, -0.2) is 15.0 Å². The van der Waals surface area contributed by atoms with Gasteiger partial charge in [0.1, 0.15) is 5.84 Å². The van der Waals surface area contributed by atoms with E-state index in [2.05, 4.69) is 25.9 Å². The second-order valence-corrected chi connectivity index (χ2v) is 9.01. The second-order valence-electron chi connectivity index (χ2n) is 8.57. The van der Waals surface area contributed by atoms with Crippen molar-refractivity contribution in [1.29, 1.82) is 0 Å². The number of anilines is 1. The van der Waals surface area contributed by atoms with E-state index < -0.39 is 0 Å². The van der Waals surface area contributed by atoms with Gasteiger partial charge in [-0.2, -0.15) is 0 Å². The molecule has 0 radical (unpaired) electrons. The van der Waals surface area contributed by atoms with Gasteiger partial charge in [-0.1, -0.05) is 18.5 Å². The number of ether oxygens (including phenoxy) is 1. The van der Waals surface area contributed by atoms with Gasteiger partial charge in [0.2, 0.25) is 11.9 Å². The van der Waals surface area contributed by atoms with Crippen molar-refractivity contribution in [3.05, 3.63) is 29.2 Å². The van der Waals surface area contributed by atoms with Crippen LogP contribution in [0.3, 0.4) is 0 Å². The van der Waals surface area contributed by atoms with E-state index in [1.54, 1.807) is 12.4 Å². The lowest BCUT2D eigenvalue weighted by Crippen LogP contribution is -2.45. The molecule has 4 rings (SSSR count). The molecular weight excluding hydrogens is 416 g/mol. The maximum atomic E-state index is 12.7. The third-order valence-corrected chi connectivity index (χ3v) is 6.69. The molecule has 31 heavy (non-hydrogen) atoms. The monoisotopic (exact) mass is 446 g/mol. The maximum absolute atomic E-state index is 12.7. The van der Waals surface area contributed by atoms with Gasteiger partial charge in [-0.3, -0.25) is 4.79 Å². The minimum Gasteiger partial charge on any atom is -0.381 e. The van der Waals surface area contributed by atoms with E-state index in [1.807, 2.05) is 13.0 Å². The third-order valence-electron chi connectivity index (χ3n) is 6.36. The predicted molar refractivity (Wildman–Crippen MR) is 121 cm³/mol. The van der Waals surface area contributed by atoms with Crippen LogP contribution in [0.25, 0.3) is 0 Å². The van der Waals surface area contributed by atoms with Gasteiger partial charge in [0, 0.05) is 55.6 Å². The Bertz CT molecular complexity index is 833. The summed E-state index contributed by atoms with van der Waals surface area (Å²) in [5.74, 6) is 1.53. The summed E-state index contributed by atoms with van der Waals surface area (Å²) in [6.45, 7) is 6.17. The molecule has 9 heteroatoms. The van der Waals surface area contributed by atoms with Gasteiger partial charge in [-0.15, -0.1) is 0 Å². The Morgan fingerprint density at radius 2 is 2.16 bits per heavy atom. The fourth-order valence-electron chi connectivity index (χ4n) is 4.39. The summed E-state index contributed by atoms with van der Waals surface area (Å²) in [4.78, 5) is 26.2. The number of hydrogen-bond acceptors (Lipinski definition) is 7. The van der Waals surface area contributed by atoms with Crippen LogP contribution in [0.1, 0.15) is 44.2 Å². The summed E-state index contributed by atoms with van der Waals surface area (Å²) >= 11 is 6.55. The highest BCUT2D eigenvalue weighted by atomic mass is 35.5. The number of aromatic nitrogens is 2. The Labute approximate surface area is 188 Å². The molecule has 8 nitrogen and oxygen atoms in total. The minimum absolute atomic E-state index is 0.0180. The van der Waals surface area contributed by atoms with Gasteiger partial charge in [0.15, 0.2) is 0 Å². The van der Waals surface area contributed by atoms with Gasteiger partial charge < -0.3 is 20.7 Å². The molecule has 0 bridgehead atoms. The van der Waals surface area contributed by atoms with Crippen molar-refractivity contribution in [1.82, 2.24) is 20.6 Å². The first-order valence-corrected chi connectivity index (χ1v) is 11.6. The molecule has 0 aliphatic carbocycles. The van der Waals surface area contributed by atoms with Crippen LogP contribution in [-0.4, -0.2) is 54.6 Å². The van der Waals surface area contributed by atoms with Crippen molar-refractivity contribution in [3.63, 3.8) is 0 Å². The van der Waals surface area contributed by atoms with E-state index in [9.17, 15) is 4.79 Å². The topological polar surface area (TPSA) is 101 Å². The first-order chi connectivity index (χ1) is 15.1. The summed E-state index contributed by atoms with van der Waals surface area (Å²) in [7, 11) is 0. The van der Waals surface area contributed by atoms with Crippen molar-refractivity contribution in [2.24, 2.45) is 22.7 Å². The Balaban J connectivity index is 1.42. The molecule has 1 amide bonds. The summed E-state index contributed by atoms with van der Waals surface area (Å²) in [5, 5.41) is 10.3. The molecule has 2 fully saturated rings. The van der Waals surface area contributed by atoms with E-state index in [1.165, 1.54) is 0 Å². The highest BCUT2D eigenvalue weighted by molar-refractivity contribution is 6.31. The van der Waals surface area contributed by atoms with Gasteiger partial charge in [0.25, 0.3) is 0 Å². The number of halogens is 1. The lowest BCUT2D eigenvalue weighted by molar-refractivity contribution is -0.124. The standard InChI is InChI=1S/C22H31ClN6O2/c1-14-19(17(23)13-26-20(14)29-21(30)16-3-2-7-24-12-16)18-4-8-25-22(28-18)27-11-15-5-9-31-10-6-15/h4,8,13-16,19,24H,2-3,5-7,9-12H2,1H3,(H,25,27,28)(H,26,29,30)/t14?,16-,19?/m1/s1. The molecule has 1 aromatic rings. The number of amides is 1. The normalized spacial score (nSPS) is 27.2. The van der Waals surface area contributed by atoms with E-state index in [4.69, 9.17) is 21.3 Å². The van der Waals surface area contributed by atoms with E-state index >= 15 is 0 Å². The summed E-state index contributed by atoms with van der Waals surface area (Å²) in [5.41, 5.74) is 0.819. The molecule has 3 aliphatic rings. The Kier molecular flexibility index (Phi) is 7.53. The molecule has 4 heterocycles. The first-order valence-electron chi connectivity index (χ1n) is 11.2. The lowest BCUT2D eigenvalue weighted by Gasteiger charge is -2.29. The van der Waals surface area contributed by atoms with Crippen LogP contribution < -0.4 is 16.0 Å². The van der Waals surface area contributed by atoms with Crippen molar-refractivity contribution >= 4 is 29.3 Å². The van der Waals surface area contributed by atoms with Gasteiger partial charge in [-0.05, 0) is 44.2 Å². The minimum atomic E-state index is -0.175. The number of hydrogen-bond donors (Lipinski definition) is 3. The van der Waals surface area contributed by atoms with Crippen molar-refractivity contribution in [2.45, 2.75) is 38.5 Å². The molecule has 2 saturated heterocycles. The van der Waals surface area contributed by atoms with E-state index in [0.717, 1.165) is 57.7 Å². The van der Waals surface area contributed by atoms with Crippen LogP contribution >= 0.6 is 11.6 Å². The summed E-state index contributed by atoms with van der Waals surface area (Å²) < 4.78 is 5.43. The zero-order valence-electron chi connectivity index (χ0n) is 17.9. The highest BCUT2D eigenvalue weighted by Crippen LogP contribution is 2.36. The number of allylic oxidation sites excluding steroid dienone is 1. The molecular formula is C22H31ClN6O2. The highest BCUT2D eigenvalue weighted by Gasteiger charge is 2.33. The number of nitrogens with zero attached hydrogens (tertiary/aromatic N) is 3.